The minimum absolute atomic E-state index is 0.0579. The molecule has 10 nitrogen and oxygen atoms in total. The molecule has 0 spiro atoms. The van der Waals surface area contributed by atoms with Crippen molar-refractivity contribution in [2.45, 2.75) is 61.8 Å². The number of carbonyl (C=O) groups is 3. The van der Waals surface area contributed by atoms with Gasteiger partial charge in [0.2, 0.25) is 11.8 Å². The molecule has 3 aliphatic heterocycles. The first-order chi connectivity index (χ1) is 20.9. The van der Waals surface area contributed by atoms with Crippen LogP contribution in [0.1, 0.15) is 59.0 Å². The molecule has 5 atom stereocenters. The summed E-state index contributed by atoms with van der Waals surface area (Å²) in [5, 5.41) is 3.11. The number of thiophene rings is 1. The fourth-order valence-electron chi connectivity index (χ4n) is 7.05. The van der Waals surface area contributed by atoms with Crippen LogP contribution in [0.15, 0.2) is 48.7 Å². The second-order valence-corrected chi connectivity index (χ2v) is 15.1. The number of pyridine rings is 1. The van der Waals surface area contributed by atoms with E-state index in [1.807, 2.05) is 18.2 Å². The van der Waals surface area contributed by atoms with Crippen molar-refractivity contribution in [1.29, 1.82) is 0 Å². The van der Waals surface area contributed by atoms with Gasteiger partial charge in [-0.1, -0.05) is 12.1 Å². The SMILES string of the molecule is O=C(N[C@H]1C[C@@H]2C[C@@H]2C[C@H]2CC[C@@H](C(=O)N3CC(c4ccccn4)C3)N2C1=O)c1cc2cc(C(F)(F)P(=O)(O)O)ccc2s1. The fourth-order valence-corrected chi connectivity index (χ4v) is 8.47. The Morgan fingerprint density at radius 2 is 1.82 bits per heavy atom. The van der Waals surface area contributed by atoms with Crippen LogP contribution in [0.3, 0.4) is 0 Å². The van der Waals surface area contributed by atoms with Gasteiger partial charge in [0, 0.05) is 47.2 Å². The molecule has 4 aliphatic rings. The Hall–Kier alpha value is -3.25. The Bertz CT molecular complexity index is 1690. The minimum atomic E-state index is -5.75. The standard InChI is InChI=1S/C30H31F2N4O6PS/c31-30(32,43(40,41)42)20-4-7-25-18(10-20)13-26(44-25)27(37)34-23-12-17-9-16(17)11-21-5-6-24(36(21)28(23)38)29(39)35-14-19(15-35)22-3-1-2-8-33-22/h1-4,7-8,10,13,16-17,19,21,23-24H,5-6,9,11-12,14-15H2,(H,34,37)(H2,40,41,42)/t16-,17+,21-,23+,24+/m1/s1. The second-order valence-electron chi connectivity index (χ2n) is 12.4. The highest BCUT2D eigenvalue weighted by atomic mass is 32.1. The van der Waals surface area contributed by atoms with E-state index in [1.165, 1.54) is 12.1 Å². The first kappa shape index (κ1) is 29.5. The van der Waals surface area contributed by atoms with Crippen LogP contribution in [-0.4, -0.2) is 73.5 Å². The maximum absolute atomic E-state index is 14.3. The van der Waals surface area contributed by atoms with Crippen LogP contribution >= 0.6 is 18.9 Å². The quantitative estimate of drug-likeness (QED) is 0.344. The number of amides is 3. The molecule has 14 heteroatoms. The number of carbonyl (C=O) groups excluding carboxylic acids is 3. The summed E-state index contributed by atoms with van der Waals surface area (Å²) in [5.74, 6) is 0.0510. The maximum atomic E-state index is 14.3. The number of aromatic nitrogens is 1. The lowest BCUT2D eigenvalue weighted by Gasteiger charge is -2.43. The van der Waals surface area contributed by atoms with Gasteiger partial charge in [0.25, 0.3) is 5.91 Å². The largest absolute Gasteiger partial charge is 0.399 e. The van der Waals surface area contributed by atoms with Gasteiger partial charge in [0.1, 0.15) is 12.1 Å². The third kappa shape index (κ3) is 5.13. The van der Waals surface area contributed by atoms with Gasteiger partial charge in [-0.2, -0.15) is 8.78 Å². The van der Waals surface area contributed by atoms with E-state index in [9.17, 15) is 27.7 Å². The van der Waals surface area contributed by atoms with E-state index >= 15 is 0 Å². The van der Waals surface area contributed by atoms with Crippen molar-refractivity contribution in [1.82, 2.24) is 20.1 Å². The molecular weight excluding hydrogens is 613 g/mol. The highest BCUT2D eigenvalue weighted by Crippen LogP contribution is 2.59. The zero-order valence-electron chi connectivity index (χ0n) is 23.5. The third-order valence-corrected chi connectivity index (χ3v) is 11.7. The summed E-state index contributed by atoms with van der Waals surface area (Å²) >= 11 is 1.04. The molecule has 1 saturated carbocycles. The van der Waals surface area contributed by atoms with Crippen molar-refractivity contribution in [3.63, 3.8) is 0 Å². The van der Waals surface area contributed by atoms with Crippen molar-refractivity contribution in [2.75, 3.05) is 13.1 Å². The van der Waals surface area contributed by atoms with Crippen molar-refractivity contribution < 1.29 is 37.5 Å². The predicted octanol–water partition coefficient (Wildman–Crippen LogP) is 4.04. The molecular formula is C30H31F2N4O6PS. The molecule has 7 rings (SSSR count). The van der Waals surface area contributed by atoms with E-state index < -0.39 is 36.8 Å². The highest BCUT2D eigenvalue weighted by molar-refractivity contribution is 7.52. The Morgan fingerprint density at radius 3 is 2.55 bits per heavy atom. The molecule has 1 aromatic carbocycles. The molecule has 1 aliphatic carbocycles. The summed E-state index contributed by atoms with van der Waals surface area (Å²) in [6.45, 7) is 1.11. The number of rotatable bonds is 6. The van der Waals surface area contributed by atoms with Crippen LogP contribution in [0, 0.1) is 11.8 Å². The number of fused-ring (bicyclic) bond motifs is 3. The first-order valence-electron chi connectivity index (χ1n) is 14.7. The molecule has 232 valence electrons. The molecule has 4 fully saturated rings. The zero-order chi connectivity index (χ0) is 31.0. The van der Waals surface area contributed by atoms with E-state index in [1.54, 1.807) is 16.0 Å². The van der Waals surface area contributed by atoms with Crippen LogP contribution in [0.25, 0.3) is 10.1 Å². The van der Waals surface area contributed by atoms with Crippen LogP contribution in [0.4, 0.5) is 8.78 Å². The maximum Gasteiger partial charge on any atom is 0.399 e. The second kappa shape index (κ2) is 10.7. The summed E-state index contributed by atoms with van der Waals surface area (Å²) in [6, 6.07) is 8.85. The number of benzene rings is 1. The summed E-state index contributed by atoms with van der Waals surface area (Å²) in [6.07, 6.45) is 5.35. The number of halogens is 2. The van der Waals surface area contributed by atoms with E-state index in [4.69, 9.17) is 9.79 Å². The van der Waals surface area contributed by atoms with Crippen LogP contribution in [0.5, 0.6) is 0 Å². The van der Waals surface area contributed by atoms with E-state index in [0.29, 0.717) is 42.5 Å². The molecule has 3 N–H and O–H groups in total. The van der Waals surface area contributed by atoms with Gasteiger partial charge >= 0.3 is 13.3 Å². The Labute approximate surface area is 255 Å². The lowest BCUT2D eigenvalue weighted by molar-refractivity contribution is -0.149. The topological polar surface area (TPSA) is 140 Å². The fraction of sp³-hybridized carbons (Fsp3) is 0.467. The number of hydrogen-bond acceptors (Lipinski definition) is 6. The molecule has 0 bridgehead atoms. The average molecular weight is 645 g/mol. The van der Waals surface area contributed by atoms with Crippen LogP contribution < -0.4 is 5.32 Å². The van der Waals surface area contributed by atoms with Crippen molar-refractivity contribution in [3.05, 3.63) is 64.8 Å². The lowest BCUT2D eigenvalue weighted by atomic mass is 9.94. The van der Waals surface area contributed by atoms with E-state index in [0.717, 1.165) is 48.4 Å². The van der Waals surface area contributed by atoms with Crippen LogP contribution in [-0.2, 0) is 19.8 Å². The molecule has 3 aromatic rings. The first-order valence-corrected chi connectivity index (χ1v) is 17.1. The number of hydrogen-bond donors (Lipinski definition) is 3. The Morgan fingerprint density at radius 1 is 1.05 bits per heavy atom. The van der Waals surface area contributed by atoms with Crippen LogP contribution in [0.2, 0.25) is 0 Å². The molecule has 3 saturated heterocycles. The summed E-state index contributed by atoms with van der Waals surface area (Å²) in [7, 11) is -5.75. The van der Waals surface area contributed by atoms with Gasteiger partial charge in [0.15, 0.2) is 0 Å². The zero-order valence-corrected chi connectivity index (χ0v) is 25.2. The van der Waals surface area contributed by atoms with Crippen molar-refractivity contribution in [3.8, 4) is 0 Å². The van der Waals surface area contributed by atoms with Gasteiger partial charge in [-0.05, 0) is 79.7 Å². The van der Waals surface area contributed by atoms with Gasteiger partial charge in [0.05, 0.1) is 4.88 Å². The summed E-state index contributed by atoms with van der Waals surface area (Å²) < 4.78 is 40.4. The highest BCUT2D eigenvalue weighted by Gasteiger charge is 2.53. The van der Waals surface area contributed by atoms with Crippen molar-refractivity contribution >= 4 is 46.7 Å². The monoisotopic (exact) mass is 644 g/mol. The van der Waals surface area contributed by atoms with Gasteiger partial charge in [-0.3, -0.25) is 23.9 Å². The Kier molecular flexibility index (Phi) is 7.15. The van der Waals surface area contributed by atoms with Gasteiger partial charge in [-0.15, -0.1) is 11.3 Å². The molecule has 0 radical (unpaired) electrons. The van der Waals surface area contributed by atoms with Gasteiger partial charge in [-0.25, -0.2) is 0 Å². The normalized spacial score (nSPS) is 27.3. The van der Waals surface area contributed by atoms with E-state index in [-0.39, 0.29) is 34.0 Å². The van der Waals surface area contributed by atoms with Crippen molar-refractivity contribution in [2.24, 2.45) is 11.8 Å². The smallest absolute Gasteiger partial charge is 0.340 e. The molecule has 2 aromatic heterocycles. The van der Waals surface area contributed by atoms with Gasteiger partial charge < -0.3 is 24.9 Å². The minimum Gasteiger partial charge on any atom is -0.340 e. The molecule has 44 heavy (non-hydrogen) atoms. The molecule has 3 amide bonds. The lowest BCUT2D eigenvalue weighted by Crippen LogP contribution is -2.59. The third-order valence-electron chi connectivity index (χ3n) is 9.58. The summed E-state index contributed by atoms with van der Waals surface area (Å²) in [4.78, 5) is 67.4. The number of likely N-dealkylation sites (tertiary alicyclic amines) is 1. The molecule has 0 unspecified atom stereocenters. The number of nitrogens with one attached hydrogen (secondary N) is 1. The Balaban J connectivity index is 1.08. The number of alkyl halides is 2. The summed E-state index contributed by atoms with van der Waals surface area (Å²) in [5.41, 5.74) is -4.27. The molecule has 5 heterocycles. The number of nitrogens with zero attached hydrogens (tertiary/aromatic N) is 3. The van der Waals surface area contributed by atoms with E-state index in [2.05, 4.69) is 10.3 Å². The average Bonchev–Trinajstić information content (AvgIpc) is 3.33. The predicted molar refractivity (Wildman–Crippen MR) is 157 cm³/mol.